The summed E-state index contributed by atoms with van der Waals surface area (Å²) < 4.78 is 0. The maximum atomic E-state index is 13.5. The summed E-state index contributed by atoms with van der Waals surface area (Å²) in [7, 11) is 0. The first kappa shape index (κ1) is 21.4. The lowest BCUT2D eigenvalue weighted by atomic mass is 9.94. The lowest BCUT2D eigenvalue weighted by molar-refractivity contribution is -0.121. The highest BCUT2D eigenvalue weighted by molar-refractivity contribution is 7.12. The number of amides is 3. The van der Waals surface area contributed by atoms with E-state index in [0.29, 0.717) is 35.5 Å². The molecular weight excluding hydrogens is 434 g/mol. The Kier molecular flexibility index (Phi) is 5.50. The minimum absolute atomic E-state index is 0.134. The van der Waals surface area contributed by atoms with Crippen LogP contribution >= 0.6 is 11.3 Å². The van der Waals surface area contributed by atoms with E-state index in [4.69, 9.17) is 0 Å². The molecule has 0 radical (unpaired) electrons. The van der Waals surface area contributed by atoms with Crippen LogP contribution in [0.15, 0.2) is 53.9 Å². The topological polar surface area (TPSA) is 78.5 Å². The fraction of sp³-hybridized carbons (Fsp3) is 0.269. The highest BCUT2D eigenvalue weighted by atomic mass is 32.1. The van der Waals surface area contributed by atoms with Gasteiger partial charge in [0.05, 0.1) is 16.1 Å². The number of carbonyl (C=O) groups excluding carboxylic acids is 3. The number of benzene rings is 2. The van der Waals surface area contributed by atoms with E-state index < -0.39 is 6.04 Å². The first-order valence-electron chi connectivity index (χ1n) is 11.1. The first-order valence-corrected chi connectivity index (χ1v) is 12.0. The summed E-state index contributed by atoms with van der Waals surface area (Å²) in [5, 5.41) is 7.83. The maximum Gasteiger partial charge on any atom is 0.261 e. The van der Waals surface area contributed by atoms with E-state index in [1.807, 2.05) is 41.8 Å². The molecule has 7 heteroatoms. The average molecular weight is 460 g/mol. The largest absolute Gasteiger partial charge is 0.348 e. The van der Waals surface area contributed by atoms with Crippen molar-refractivity contribution in [3.63, 3.8) is 0 Å². The van der Waals surface area contributed by atoms with Gasteiger partial charge in [-0.3, -0.25) is 14.4 Å². The summed E-state index contributed by atoms with van der Waals surface area (Å²) in [6, 6.07) is 14.6. The predicted octanol–water partition coefficient (Wildman–Crippen LogP) is 4.39. The van der Waals surface area contributed by atoms with Crippen LogP contribution in [0, 0.1) is 13.8 Å². The zero-order valence-electron chi connectivity index (χ0n) is 18.6. The van der Waals surface area contributed by atoms with E-state index in [1.54, 1.807) is 11.0 Å². The number of hydrogen-bond donors (Lipinski definition) is 2. The number of fused-ring (bicyclic) bond motifs is 2. The van der Waals surface area contributed by atoms with Crippen molar-refractivity contribution >= 4 is 34.7 Å². The van der Waals surface area contributed by atoms with Crippen molar-refractivity contribution in [3.05, 3.63) is 75.5 Å². The SMILES string of the molecule is Cc1cccc(-c2ccc3c(c2)C(=O)N2CC[C@H](NC(=O)c4cccs4)C[C@H]2C(=O)N3)c1C. The van der Waals surface area contributed by atoms with Crippen molar-refractivity contribution in [1.29, 1.82) is 0 Å². The number of nitrogens with zero attached hydrogens (tertiary/aromatic N) is 1. The zero-order valence-corrected chi connectivity index (χ0v) is 19.4. The van der Waals surface area contributed by atoms with E-state index >= 15 is 0 Å². The van der Waals surface area contributed by atoms with E-state index in [9.17, 15) is 14.4 Å². The van der Waals surface area contributed by atoms with Gasteiger partial charge in [-0.1, -0.05) is 30.3 Å². The Labute approximate surface area is 196 Å². The Bertz CT molecular complexity index is 1250. The molecule has 33 heavy (non-hydrogen) atoms. The lowest BCUT2D eigenvalue weighted by Gasteiger charge is -2.37. The number of anilines is 1. The Hall–Kier alpha value is -3.45. The lowest BCUT2D eigenvalue weighted by Crippen LogP contribution is -2.54. The van der Waals surface area contributed by atoms with Gasteiger partial charge >= 0.3 is 0 Å². The Morgan fingerprint density at radius 1 is 1.09 bits per heavy atom. The fourth-order valence-electron chi connectivity index (χ4n) is 4.68. The number of nitrogens with one attached hydrogen (secondary N) is 2. The summed E-state index contributed by atoms with van der Waals surface area (Å²) in [5.74, 6) is -0.495. The van der Waals surface area contributed by atoms with Gasteiger partial charge in [-0.15, -0.1) is 11.3 Å². The van der Waals surface area contributed by atoms with E-state index in [0.717, 1.165) is 11.1 Å². The third-order valence-corrected chi connectivity index (χ3v) is 7.54. The average Bonchev–Trinajstić information content (AvgIpc) is 3.33. The molecule has 0 bridgehead atoms. The second-order valence-corrected chi connectivity index (χ2v) is 9.63. The molecule has 1 aromatic heterocycles. The van der Waals surface area contributed by atoms with E-state index in [-0.39, 0.29) is 23.8 Å². The van der Waals surface area contributed by atoms with Gasteiger partial charge in [-0.25, -0.2) is 0 Å². The van der Waals surface area contributed by atoms with Crippen LogP contribution in [0.1, 0.15) is 44.0 Å². The zero-order chi connectivity index (χ0) is 23.1. The van der Waals surface area contributed by atoms with Crippen molar-refractivity contribution in [1.82, 2.24) is 10.2 Å². The van der Waals surface area contributed by atoms with Crippen LogP contribution in [0.4, 0.5) is 5.69 Å². The molecule has 5 rings (SSSR count). The summed E-state index contributed by atoms with van der Waals surface area (Å²) in [6.07, 6.45) is 1.01. The van der Waals surface area contributed by atoms with Crippen LogP contribution in [0.5, 0.6) is 0 Å². The summed E-state index contributed by atoms with van der Waals surface area (Å²) in [5.41, 5.74) is 5.43. The number of carbonyl (C=O) groups is 3. The molecule has 3 amide bonds. The number of hydrogen-bond acceptors (Lipinski definition) is 4. The molecule has 2 aromatic carbocycles. The first-order chi connectivity index (χ1) is 15.9. The van der Waals surface area contributed by atoms with Crippen LogP contribution in [0.25, 0.3) is 11.1 Å². The minimum Gasteiger partial charge on any atom is -0.348 e. The molecule has 0 saturated carbocycles. The molecule has 0 aliphatic carbocycles. The molecule has 2 N–H and O–H groups in total. The van der Waals surface area contributed by atoms with Gasteiger partial charge in [0, 0.05) is 12.6 Å². The molecular formula is C26H25N3O3S. The molecule has 168 valence electrons. The number of thiophene rings is 1. The predicted molar refractivity (Wildman–Crippen MR) is 130 cm³/mol. The number of piperidine rings is 1. The second kappa shape index (κ2) is 8.48. The van der Waals surface area contributed by atoms with Gasteiger partial charge in [0.1, 0.15) is 6.04 Å². The Morgan fingerprint density at radius 2 is 1.94 bits per heavy atom. The molecule has 3 aromatic rings. The molecule has 0 unspecified atom stereocenters. The molecule has 2 aliphatic heterocycles. The monoisotopic (exact) mass is 459 g/mol. The van der Waals surface area contributed by atoms with Crippen LogP contribution < -0.4 is 10.6 Å². The highest BCUT2D eigenvalue weighted by Crippen LogP contribution is 2.33. The summed E-state index contributed by atoms with van der Waals surface area (Å²) in [4.78, 5) is 41.3. The van der Waals surface area contributed by atoms with Gasteiger partial charge in [0.25, 0.3) is 11.8 Å². The molecule has 3 heterocycles. The minimum atomic E-state index is -0.614. The van der Waals surface area contributed by atoms with Gasteiger partial charge in [0.2, 0.25) is 5.91 Å². The van der Waals surface area contributed by atoms with Crippen molar-refractivity contribution in [2.45, 2.75) is 38.8 Å². The maximum absolute atomic E-state index is 13.5. The Morgan fingerprint density at radius 3 is 2.73 bits per heavy atom. The molecule has 1 fully saturated rings. The van der Waals surface area contributed by atoms with Crippen LogP contribution in [-0.2, 0) is 4.79 Å². The van der Waals surface area contributed by atoms with Gasteiger partial charge in [0.15, 0.2) is 0 Å². The third-order valence-electron chi connectivity index (χ3n) is 6.67. The molecule has 1 saturated heterocycles. The molecule has 2 atom stereocenters. The van der Waals surface area contributed by atoms with E-state index in [1.165, 1.54) is 22.5 Å². The quantitative estimate of drug-likeness (QED) is 0.610. The van der Waals surface area contributed by atoms with Crippen molar-refractivity contribution in [2.75, 3.05) is 11.9 Å². The smallest absolute Gasteiger partial charge is 0.261 e. The number of aryl methyl sites for hydroxylation is 1. The summed E-state index contributed by atoms with van der Waals surface area (Å²) in [6.45, 7) is 4.56. The molecule has 6 nitrogen and oxygen atoms in total. The van der Waals surface area contributed by atoms with Crippen LogP contribution in [0.3, 0.4) is 0 Å². The van der Waals surface area contributed by atoms with Crippen LogP contribution in [-0.4, -0.2) is 41.2 Å². The summed E-state index contributed by atoms with van der Waals surface area (Å²) >= 11 is 1.38. The number of rotatable bonds is 3. The van der Waals surface area contributed by atoms with Crippen LogP contribution in [0.2, 0.25) is 0 Å². The molecule has 2 aliphatic rings. The highest BCUT2D eigenvalue weighted by Gasteiger charge is 2.40. The normalized spacial score (nSPS) is 19.9. The third kappa shape index (κ3) is 3.93. The standard InChI is InChI=1S/C26H25N3O3S/c1-15-5-3-6-19(16(15)2)17-8-9-21-20(13-17)26(32)29-11-10-18(14-22(29)24(30)28-21)27-25(31)23-7-4-12-33-23/h3-9,12-13,18,22H,10-11,14H2,1-2H3,(H,27,31)(H,28,30)/t18-,22-/m0/s1. The van der Waals surface area contributed by atoms with Gasteiger partial charge in [-0.2, -0.15) is 0 Å². The molecule has 0 spiro atoms. The fourth-order valence-corrected chi connectivity index (χ4v) is 5.31. The van der Waals surface area contributed by atoms with Gasteiger partial charge in [-0.05, 0) is 72.5 Å². The van der Waals surface area contributed by atoms with Crippen molar-refractivity contribution in [3.8, 4) is 11.1 Å². The Balaban J connectivity index is 1.40. The van der Waals surface area contributed by atoms with Crippen molar-refractivity contribution in [2.24, 2.45) is 0 Å². The van der Waals surface area contributed by atoms with Crippen molar-refractivity contribution < 1.29 is 14.4 Å². The second-order valence-electron chi connectivity index (χ2n) is 8.68. The van der Waals surface area contributed by atoms with E-state index in [2.05, 4.69) is 30.5 Å². The van der Waals surface area contributed by atoms with Gasteiger partial charge < -0.3 is 15.5 Å².